The number of halogens is 3. The zero-order valence-electron chi connectivity index (χ0n) is 19.6. The van der Waals surface area contributed by atoms with Crippen molar-refractivity contribution in [2.45, 2.75) is 12.2 Å². The molecule has 1 saturated heterocycles. The largest absolute Gasteiger partial charge is 0.490 e. The van der Waals surface area contributed by atoms with Gasteiger partial charge in [0, 0.05) is 22.8 Å². The first-order chi connectivity index (χ1) is 18.1. The number of cyclic esters (lactones) is 1. The molecule has 0 aliphatic carbocycles. The number of carboxylic acids is 1. The lowest BCUT2D eigenvalue weighted by Gasteiger charge is -2.22. The minimum atomic E-state index is -5.08. The molecule has 1 aliphatic rings. The number of pyridine rings is 1. The van der Waals surface area contributed by atoms with Gasteiger partial charge in [-0.25, -0.2) is 9.59 Å². The molecular weight excluding hydrogens is 503 g/mol. The van der Waals surface area contributed by atoms with Gasteiger partial charge < -0.3 is 15.2 Å². The van der Waals surface area contributed by atoms with Gasteiger partial charge in [0.05, 0.1) is 17.2 Å². The highest BCUT2D eigenvalue weighted by Gasteiger charge is 2.38. The van der Waals surface area contributed by atoms with Crippen molar-refractivity contribution in [1.29, 1.82) is 0 Å². The molecule has 1 aliphatic heterocycles. The van der Waals surface area contributed by atoms with Crippen LogP contribution in [0.2, 0.25) is 0 Å². The SMILES string of the molecule is O=C(Nc1cccc2cccnc12)c1ccc(N2C(=O)OC[C@@H]2c2ccccc2)cc1.O=C(O)C(F)(F)F. The van der Waals surface area contributed by atoms with E-state index < -0.39 is 18.2 Å². The smallest absolute Gasteiger partial charge is 0.475 e. The number of hydrogen-bond donors (Lipinski definition) is 2. The summed E-state index contributed by atoms with van der Waals surface area (Å²) >= 11 is 0. The number of amides is 2. The number of anilines is 2. The van der Waals surface area contributed by atoms with Crippen molar-refractivity contribution in [2.75, 3.05) is 16.8 Å². The summed E-state index contributed by atoms with van der Waals surface area (Å²) in [7, 11) is 0. The van der Waals surface area contributed by atoms with Crippen molar-refractivity contribution in [3.8, 4) is 0 Å². The van der Waals surface area contributed by atoms with Crippen LogP contribution in [0.5, 0.6) is 0 Å². The van der Waals surface area contributed by atoms with E-state index in [1.807, 2.05) is 60.7 Å². The van der Waals surface area contributed by atoms with E-state index >= 15 is 0 Å². The Morgan fingerprint density at radius 2 is 1.61 bits per heavy atom. The molecule has 2 N–H and O–H groups in total. The van der Waals surface area contributed by atoms with Gasteiger partial charge in [-0.1, -0.05) is 48.5 Å². The molecular formula is C27H20F3N3O5. The number of ether oxygens (including phenoxy) is 1. The first kappa shape index (κ1) is 26.1. The fourth-order valence-electron chi connectivity index (χ4n) is 3.80. The van der Waals surface area contributed by atoms with Gasteiger partial charge in [-0.3, -0.25) is 14.7 Å². The minimum absolute atomic E-state index is 0.199. The second-order valence-electron chi connectivity index (χ2n) is 8.06. The molecule has 1 atom stereocenters. The Morgan fingerprint density at radius 3 is 2.26 bits per heavy atom. The maximum Gasteiger partial charge on any atom is 0.490 e. The van der Waals surface area contributed by atoms with Crippen LogP contribution in [-0.2, 0) is 9.53 Å². The molecule has 8 nitrogen and oxygen atoms in total. The summed E-state index contributed by atoms with van der Waals surface area (Å²) in [4.78, 5) is 40.0. The Morgan fingerprint density at radius 1 is 0.947 bits per heavy atom. The summed E-state index contributed by atoms with van der Waals surface area (Å²) in [6, 6.07) is 26.0. The summed E-state index contributed by atoms with van der Waals surface area (Å²) in [5.41, 5.74) is 3.55. The van der Waals surface area contributed by atoms with E-state index in [0.29, 0.717) is 23.5 Å². The van der Waals surface area contributed by atoms with Crippen molar-refractivity contribution < 1.29 is 37.4 Å². The third-order valence-corrected chi connectivity index (χ3v) is 5.59. The monoisotopic (exact) mass is 523 g/mol. The van der Waals surface area contributed by atoms with Gasteiger partial charge in [-0.2, -0.15) is 13.2 Å². The third-order valence-electron chi connectivity index (χ3n) is 5.59. The van der Waals surface area contributed by atoms with Crippen LogP contribution >= 0.6 is 0 Å². The molecule has 0 unspecified atom stereocenters. The van der Waals surface area contributed by atoms with Gasteiger partial charge in [0.2, 0.25) is 0 Å². The van der Waals surface area contributed by atoms with Gasteiger partial charge in [-0.15, -0.1) is 0 Å². The van der Waals surface area contributed by atoms with Crippen LogP contribution in [-0.4, -0.2) is 40.8 Å². The van der Waals surface area contributed by atoms with E-state index in [2.05, 4.69) is 10.3 Å². The molecule has 2 amide bonds. The van der Waals surface area contributed by atoms with Crippen LogP contribution in [0.1, 0.15) is 22.0 Å². The normalized spacial score (nSPS) is 14.9. The number of benzene rings is 3. The standard InChI is InChI=1S/C25H19N3O3.C2HF3O2/c29-24(27-21-10-4-8-18-9-5-15-26-23(18)21)19-11-13-20(14-12-19)28-22(16-31-25(28)30)17-6-2-1-3-7-17;3-2(4,5)1(6)7/h1-15,22H,16H2,(H,27,29);(H,6,7)/t22-;/m1./s1. The van der Waals surface area contributed by atoms with E-state index in [4.69, 9.17) is 14.6 Å². The van der Waals surface area contributed by atoms with Gasteiger partial charge in [0.15, 0.2) is 0 Å². The van der Waals surface area contributed by atoms with E-state index in [0.717, 1.165) is 16.5 Å². The Bertz CT molecular complexity index is 1460. The number of alkyl halides is 3. The summed E-state index contributed by atoms with van der Waals surface area (Å²) in [6.45, 7) is 0.291. The van der Waals surface area contributed by atoms with Crippen LogP contribution in [0.3, 0.4) is 0 Å². The number of hydrogen-bond acceptors (Lipinski definition) is 5. The molecule has 0 bridgehead atoms. The lowest BCUT2D eigenvalue weighted by atomic mass is 10.1. The first-order valence-electron chi connectivity index (χ1n) is 11.2. The number of para-hydroxylation sites is 1. The first-order valence-corrected chi connectivity index (χ1v) is 11.2. The molecule has 3 aromatic carbocycles. The predicted molar refractivity (Wildman–Crippen MR) is 133 cm³/mol. The molecule has 4 aromatic rings. The lowest BCUT2D eigenvalue weighted by Crippen LogP contribution is -2.27. The maximum absolute atomic E-state index is 12.8. The van der Waals surface area contributed by atoms with Crippen LogP contribution in [0.4, 0.5) is 29.3 Å². The fourth-order valence-corrected chi connectivity index (χ4v) is 3.80. The zero-order valence-corrected chi connectivity index (χ0v) is 19.6. The third kappa shape index (κ3) is 5.89. The molecule has 0 radical (unpaired) electrons. The minimum Gasteiger partial charge on any atom is -0.475 e. The fraction of sp³-hybridized carbons (Fsp3) is 0.111. The molecule has 5 rings (SSSR count). The summed E-state index contributed by atoms with van der Waals surface area (Å²) < 4.78 is 37.0. The van der Waals surface area contributed by atoms with Crippen molar-refractivity contribution in [3.63, 3.8) is 0 Å². The summed E-state index contributed by atoms with van der Waals surface area (Å²) in [6.07, 6.45) is -3.78. The van der Waals surface area contributed by atoms with Crippen molar-refractivity contribution >= 4 is 40.2 Å². The Balaban J connectivity index is 0.000000426. The van der Waals surface area contributed by atoms with Gasteiger partial charge in [-0.05, 0) is 42.0 Å². The summed E-state index contributed by atoms with van der Waals surface area (Å²) in [5.74, 6) is -3.00. The number of fused-ring (bicyclic) bond motifs is 1. The van der Waals surface area contributed by atoms with Crippen LogP contribution in [0.25, 0.3) is 10.9 Å². The van der Waals surface area contributed by atoms with Gasteiger partial charge >= 0.3 is 18.2 Å². The van der Waals surface area contributed by atoms with E-state index in [9.17, 15) is 22.8 Å². The molecule has 2 heterocycles. The Labute approximate surface area is 214 Å². The predicted octanol–water partition coefficient (Wildman–Crippen LogP) is 5.82. The number of nitrogens with zero attached hydrogens (tertiary/aromatic N) is 2. The number of aromatic nitrogens is 1. The van der Waals surface area contributed by atoms with Crippen molar-refractivity contribution in [3.05, 3.63) is 102 Å². The highest BCUT2D eigenvalue weighted by atomic mass is 19.4. The maximum atomic E-state index is 12.8. The second kappa shape index (κ2) is 11.0. The summed E-state index contributed by atoms with van der Waals surface area (Å²) in [5, 5.41) is 11.0. The average molecular weight is 523 g/mol. The van der Waals surface area contributed by atoms with E-state index in [-0.39, 0.29) is 11.9 Å². The number of carbonyl (C=O) groups is 3. The molecule has 194 valence electrons. The van der Waals surface area contributed by atoms with Gasteiger partial charge in [0.25, 0.3) is 5.91 Å². The second-order valence-corrected chi connectivity index (χ2v) is 8.06. The number of rotatable bonds is 4. The Hall–Kier alpha value is -4.93. The highest BCUT2D eigenvalue weighted by molar-refractivity contribution is 6.08. The van der Waals surface area contributed by atoms with Crippen LogP contribution in [0, 0.1) is 0 Å². The topological polar surface area (TPSA) is 109 Å². The average Bonchev–Trinajstić information content (AvgIpc) is 3.30. The zero-order chi connectivity index (χ0) is 27.3. The van der Waals surface area contributed by atoms with E-state index in [1.165, 1.54) is 0 Å². The quantitative estimate of drug-likeness (QED) is 0.349. The molecule has 38 heavy (non-hydrogen) atoms. The molecule has 1 fully saturated rings. The number of aliphatic carboxylic acids is 1. The van der Waals surface area contributed by atoms with E-state index in [1.54, 1.807) is 35.4 Å². The number of nitrogens with one attached hydrogen (secondary N) is 1. The molecule has 0 saturated carbocycles. The lowest BCUT2D eigenvalue weighted by molar-refractivity contribution is -0.192. The molecule has 11 heteroatoms. The van der Waals surface area contributed by atoms with Crippen LogP contribution in [0.15, 0.2) is 91.1 Å². The highest BCUT2D eigenvalue weighted by Crippen LogP contribution is 2.33. The number of carbonyl (C=O) groups excluding carboxylic acids is 2. The Kier molecular flexibility index (Phi) is 7.56. The van der Waals surface area contributed by atoms with Crippen molar-refractivity contribution in [2.24, 2.45) is 0 Å². The number of carboxylic acid groups (broad SMARTS) is 1. The van der Waals surface area contributed by atoms with Crippen molar-refractivity contribution in [1.82, 2.24) is 4.98 Å². The molecule has 1 aromatic heterocycles. The molecule has 0 spiro atoms. The van der Waals surface area contributed by atoms with Crippen LogP contribution < -0.4 is 10.2 Å². The van der Waals surface area contributed by atoms with Gasteiger partial charge in [0.1, 0.15) is 6.61 Å².